The Hall–Kier alpha value is -10.5. The Bertz CT molecular complexity index is 3540. The van der Waals surface area contributed by atoms with Crippen molar-refractivity contribution in [3.63, 3.8) is 0 Å². The number of aromatic amines is 5. The number of hydrogen-bond donors (Lipinski definition) is 20. The number of amides is 11. The molecule has 6 heterocycles. The Labute approximate surface area is 600 Å². The normalized spacial score (nSPS) is 16.3. The first kappa shape index (κ1) is 82.5. The summed E-state index contributed by atoms with van der Waals surface area (Å²) in [6.45, 7) is 10.4. The van der Waals surface area contributed by atoms with Crippen LogP contribution in [-0.2, 0) is 89.6 Å². The number of carbonyl (C=O) groups is 12. The third-order valence-corrected chi connectivity index (χ3v) is 17.2. The van der Waals surface area contributed by atoms with Crippen LogP contribution >= 0.6 is 0 Å². The zero-order chi connectivity index (χ0) is 76.0. The minimum Gasteiger partial charge on any atom is -0.480 e. The van der Waals surface area contributed by atoms with Crippen LogP contribution in [0.4, 0.5) is 0 Å². The van der Waals surface area contributed by atoms with Gasteiger partial charge in [-0.1, -0.05) is 27.7 Å². The molecule has 6 rings (SSSR count). The van der Waals surface area contributed by atoms with Crippen LogP contribution in [0, 0.1) is 11.8 Å². The topological polar surface area (TPSA) is 590 Å². The maximum atomic E-state index is 15.0. The molecule has 23 N–H and O–H groups in total. The van der Waals surface area contributed by atoms with E-state index in [4.69, 9.17) is 17.2 Å². The molecule has 0 spiro atoms. The van der Waals surface area contributed by atoms with Crippen LogP contribution in [0.25, 0.3) is 0 Å². The van der Waals surface area contributed by atoms with Crippen molar-refractivity contribution in [3.05, 3.63) is 91.1 Å². The van der Waals surface area contributed by atoms with Gasteiger partial charge in [0, 0.05) is 98.1 Å². The molecule has 1 aliphatic heterocycles. The quantitative estimate of drug-likeness (QED) is 0.0164. The van der Waals surface area contributed by atoms with E-state index in [9.17, 15) is 67.7 Å². The van der Waals surface area contributed by atoms with E-state index in [1.807, 2.05) is 13.8 Å². The standard InChI is InChI=1S/C66H102N24O14/c1-35(2)18-44(69)55(92)89-54(38(6)91)65(102)90-17-11-14-53(90)64(101)88-52(24-43-29-74-34-79-43)61(98)82-46(13-8-10-16-68)57(94)85-51(23-42-28-73-33-78-42)63(100)87-49(21-40-26-71-31-76-40)60(97)81-45(12-7-9-15-67)56(93)84-50(22-41-27-72-32-77-41)62(99)83-47(19-36(3)4)59(96)86-48(20-39-25-70-30-75-39)58(95)80-37(5)66(103)104/h25-38,44-54,91H,7-24,67-69H2,1-6H3,(H,70,75)(H,71,76)(H,72,77)(H,73,78)(H,74,79)(H,80,95)(H,81,97)(H,82,98)(H,83,99)(H,84,93)(H,85,94)(H,86,96)(H,87,100)(H,88,101)(H,89,92)(H,103,104)/t37-,38+,44-,45-,46-,47-,48-,49-,50-,51-,52-,53-,54-/m0/s1. The highest BCUT2D eigenvalue weighted by atomic mass is 16.4. The van der Waals surface area contributed by atoms with Gasteiger partial charge in [0.05, 0.1) is 43.8 Å². The summed E-state index contributed by atoms with van der Waals surface area (Å²) in [4.78, 5) is 206. The van der Waals surface area contributed by atoms with Crippen molar-refractivity contribution in [1.29, 1.82) is 0 Å². The molecule has 1 aliphatic rings. The van der Waals surface area contributed by atoms with Crippen molar-refractivity contribution < 1.29 is 67.7 Å². The van der Waals surface area contributed by atoms with E-state index < -0.39 is 150 Å². The third kappa shape index (κ3) is 26.4. The van der Waals surface area contributed by atoms with Crippen molar-refractivity contribution in [3.8, 4) is 0 Å². The van der Waals surface area contributed by atoms with Crippen LogP contribution in [0.2, 0.25) is 0 Å². The highest BCUT2D eigenvalue weighted by Crippen LogP contribution is 2.21. The largest absolute Gasteiger partial charge is 0.480 e. The van der Waals surface area contributed by atoms with E-state index in [-0.39, 0.29) is 102 Å². The highest BCUT2D eigenvalue weighted by molar-refractivity contribution is 6.00. The lowest BCUT2D eigenvalue weighted by Crippen LogP contribution is -2.61. The monoisotopic (exact) mass is 1450 g/mol. The maximum Gasteiger partial charge on any atom is 0.325 e. The van der Waals surface area contributed by atoms with E-state index in [0.717, 1.165) is 0 Å². The van der Waals surface area contributed by atoms with Crippen LogP contribution in [0.15, 0.2) is 62.6 Å². The van der Waals surface area contributed by atoms with Crippen LogP contribution < -0.4 is 70.4 Å². The van der Waals surface area contributed by atoms with Crippen molar-refractivity contribution in [2.45, 2.75) is 216 Å². The molecule has 0 aliphatic carbocycles. The molecular weight excluding hydrogens is 1350 g/mol. The zero-order valence-corrected chi connectivity index (χ0v) is 59.4. The van der Waals surface area contributed by atoms with Gasteiger partial charge < -0.3 is 110 Å². The van der Waals surface area contributed by atoms with E-state index in [2.05, 4.69) is 103 Å². The number of rotatable bonds is 45. The van der Waals surface area contributed by atoms with Crippen molar-refractivity contribution in [1.82, 2.24) is 108 Å². The predicted molar refractivity (Wildman–Crippen MR) is 373 cm³/mol. The zero-order valence-electron chi connectivity index (χ0n) is 59.4. The Kier molecular flexibility index (Phi) is 33.0. The minimum absolute atomic E-state index is 0.0296. The van der Waals surface area contributed by atoms with Gasteiger partial charge in [0.15, 0.2) is 0 Å². The Morgan fingerprint density at radius 2 is 0.779 bits per heavy atom. The summed E-state index contributed by atoms with van der Waals surface area (Å²) in [6, 6.07) is -16.3. The molecule has 5 aromatic heterocycles. The second-order valence-corrected chi connectivity index (χ2v) is 26.8. The van der Waals surface area contributed by atoms with Crippen molar-refractivity contribution in [2.24, 2.45) is 29.0 Å². The molecule has 104 heavy (non-hydrogen) atoms. The summed E-state index contributed by atoms with van der Waals surface area (Å²) in [5.41, 5.74) is 19.8. The predicted octanol–water partition coefficient (Wildman–Crippen LogP) is -4.18. The van der Waals surface area contributed by atoms with E-state index in [0.29, 0.717) is 54.2 Å². The lowest BCUT2D eigenvalue weighted by atomic mass is 10.0. The number of nitrogens with two attached hydrogens (primary N) is 3. The van der Waals surface area contributed by atoms with Gasteiger partial charge >= 0.3 is 5.97 Å². The van der Waals surface area contributed by atoms with Gasteiger partial charge in [0.25, 0.3) is 0 Å². The second-order valence-electron chi connectivity index (χ2n) is 26.8. The molecule has 570 valence electrons. The number of aliphatic hydroxyl groups excluding tert-OH is 1. The number of aliphatic hydroxyl groups is 1. The SMILES string of the molecule is CC(C)C[C@H](NC(=O)[C@H](Cc1cnc[nH]1)NC(=O)[C@H](CCCCN)NC(=O)[C@H](Cc1cnc[nH]1)NC(=O)[C@H](Cc1cnc[nH]1)NC(=O)[C@H](CCCCN)NC(=O)[C@H](Cc1cnc[nH]1)NC(=O)[C@@H]1CCCN1C(=O)[C@@H](NC(=O)[C@@H](N)CC(C)C)[C@@H](C)O)C(=O)N[C@@H](Cc1cnc[nH]1)C(=O)N[C@@H](C)C(=O)O. The number of carboxylic acid groups (broad SMARTS) is 1. The molecule has 0 radical (unpaired) electrons. The lowest BCUT2D eigenvalue weighted by Gasteiger charge is -2.31. The number of nitrogens with zero attached hydrogens (tertiary/aromatic N) is 6. The number of likely N-dealkylation sites (tertiary alicyclic amines) is 1. The third-order valence-electron chi connectivity index (χ3n) is 17.2. The number of aliphatic carboxylic acids is 1. The number of unbranched alkanes of at least 4 members (excludes halogenated alkanes) is 2. The molecule has 1 fully saturated rings. The summed E-state index contributed by atoms with van der Waals surface area (Å²) in [7, 11) is 0. The van der Waals surface area contributed by atoms with Crippen LogP contribution in [-0.4, -0.2) is 234 Å². The average Bonchev–Trinajstić information content (AvgIpc) is 1.62. The number of imidazole rings is 5. The Balaban J connectivity index is 1.23. The van der Waals surface area contributed by atoms with Crippen LogP contribution in [0.3, 0.4) is 0 Å². The minimum atomic E-state index is -1.53. The summed E-state index contributed by atoms with van der Waals surface area (Å²) < 4.78 is 0. The van der Waals surface area contributed by atoms with Crippen LogP contribution in [0.1, 0.15) is 134 Å². The van der Waals surface area contributed by atoms with Gasteiger partial charge in [0.1, 0.15) is 66.5 Å². The fraction of sp³-hybridized carbons (Fsp3) is 0.591. The van der Waals surface area contributed by atoms with Gasteiger partial charge in [-0.05, 0) is 103 Å². The smallest absolute Gasteiger partial charge is 0.325 e. The number of carboxylic acids is 1. The van der Waals surface area contributed by atoms with Crippen molar-refractivity contribution in [2.75, 3.05) is 19.6 Å². The van der Waals surface area contributed by atoms with Crippen LogP contribution in [0.5, 0.6) is 0 Å². The first-order valence-corrected chi connectivity index (χ1v) is 34.9. The maximum absolute atomic E-state index is 15.0. The summed E-state index contributed by atoms with van der Waals surface area (Å²) in [5.74, 6) is -10.6. The van der Waals surface area contributed by atoms with Gasteiger partial charge in [-0.15, -0.1) is 0 Å². The number of H-pyrrole nitrogens is 5. The summed E-state index contributed by atoms with van der Waals surface area (Å²) in [5, 5.41) is 47.0. The average molecular weight is 1460 g/mol. The lowest BCUT2D eigenvalue weighted by molar-refractivity contribution is -0.144. The molecule has 0 saturated carbocycles. The van der Waals surface area contributed by atoms with Gasteiger partial charge in [-0.2, -0.15) is 0 Å². The number of aromatic nitrogens is 10. The highest BCUT2D eigenvalue weighted by Gasteiger charge is 2.42. The molecule has 5 aromatic rings. The second kappa shape index (κ2) is 41.6. The van der Waals surface area contributed by atoms with Gasteiger partial charge in [-0.25, -0.2) is 24.9 Å². The number of nitrogens with one attached hydrogen (secondary N) is 15. The summed E-state index contributed by atoms with van der Waals surface area (Å²) >= 11 is 0. The van der Waals surface area contributed by atoms with E-state index in [1.165, 1.54) is 81.4 Å². The molecule has 0 unspecified atom stereocenters. The van der Waals surface area contributed by atoms with E-state index >= 15 is 0 Å². The first-order valence-electron chi connectivity index (χ1n) is 34.9. The molecule has 38 heteroatoms. The molecule has 13 atom stereocenters. The first-order chi connectivity index (χ1) is 49.6. The molecule has 11 amide bonds. The fourth-order valence-corrected chi connectivity index (χ4v) is 11.6. The molecule has 38 nitrogen and oxygen atoms in total. The van der Waals surface area contributed by atoms with Crippen molar-refractivity contribution >= 4 is 70.9 Å². The Morgan fingerprint density at radius 3 is 1.11 bits per heavy atom. The fourth-order valence-electron chi connectivity index (χ4n) is 11.6. The van der Waals surface area contributed by atoms with Gasteiger partial charge in [0.2, 0.25) is 65.0 Å². The number of carbonyl (C=O) groups excluding carboxylic acids is 11. The number of hydrogen-bond acceptors (Lipinski definition) is 21. The Morgan fingerprint density at radius 1 is 0.452 bits per heavy atom. The summed E-state index contributed by atoms with van der Waals surface area (Å²) in [6.07, 6.45) is 13.5. The molecule has 0 aromatic carbocycles. The molecule has 1 saturated heterocycles. The van der Waals surface area contributed by atoms with Gasteiger partial charge in [-0.3, -0.25) is 57.5 Å². The molecular formula is C66H102N24O14. The van der Waals surface area contributed by atoms with E-state index in [1.54, 1.807) is 13.8 Å². The molecule has 0 bridgehead atoms.